The van der Waals surface area contributed by atoms with E-state index < -0.39 is 0 Å². The molecule has 5 fully saturated rings. The zero-order valence-corrected chi connectivity index (χ0v) is 76.0. The third-order valence-electron chi connectivity index (χ3n) is 25.9. The van der Waals surface area contributed by atoms with Gasteiger partial charge in [0.25, 0.3) is 0 Å². The topological polar surface area (TPSA) is 348 Å². The van der Waals surface area contributed by atoms with Gasteiger partial charge in [0, 0.05) is 139 Å². The highest BCUT2D eigenvalue weighted by Crippen LogP contribution is 2.59. The largest absolute Gasteiger partial charge is 0.493 e. The molecule has 35 nitrogen and oxygen atoms in total. The predicted molar refractivity (Wildman–Crippen MR) is 479 cm³/mol. The molecule has 10 atom stereocenters. The van der Waals surface area contributed by atoms with E-state index >= 15 is 0 Å². The Balaban J connectivity index is 0.0000000989. The van der Waals surface area contributed by atoms with Gasteiger partial charge in [-0.25, -0.2) is 72.4 Å². The normalized spacial score (nSPS) is 19.3. The fourth-order valence-corrected chi connectivity index (χ4v) is 18.2. The molecule has 37 heteroatoms. The van der Waals surface area contributed by atoms with Crippen molar-refractivity contribution in [2.45, 2.75) is 188 Å². The molecule has 0 aliphatic heterocycles. The lowest BCUT2D eigenvalue weighted by Crippen LogP contribution is -1.97. The van der Waals surface area contributed by atoms with Crippen LogP contribution < -0.4 is 23.7 Å². The Labute approximate surface area is 748 Å². The van der Waals surface area contributed by atoms with E-state index in [2.05, 4.69) is 110 Å². The van der Waals surface area contributed by atoms with Crippen molar-refractivity contribution in [1.29, 1.82) is 0 Å². The lowest BCUT2D eigenvalue weighted by atomic mass is 10.2. The summed E-state index contributed by atoms with van der Waals surface area (Å²) in [6.07, 6.45) is 25.3. The molecule has 131 heavy (non-hydrogen) atoms. The molecule has 0 bridgehead atoms. The number of fused-ring (bicyclic) bond motifs is 10. The van der Waals surface area contributed by atoms with Crippen LogP contribution in [0.5, 0.6) is 28.7 Å². The van der Waals surface area contributed by atoms with Gasteiger partial charge in [0.15, 0.2) is 114 Å². The van der Waals surface area contributed by atoms with Crippen molar-refractivity contribution < 1.29 is 32.5 Å². The lowest BCUT2D eigenvalue weighted by Gasteiger charge is -2.04. The van der Waals surface area contributed by atoms with Crippen LogP contribution in [0, 0.1) is 109 Å². The lowest BCUT2D eigenvalue weighted by molar-refractivity contribution is 0.416. The molecular weight excluding hydrogens is 1670 g/mol. The number of aryl methyl sites for hydroxylation is 14. The summed E-state index contributed by atoms with van der Waals surface area (Å²) in [4.78, 5) is 69.0. The molecule has 20 heterocycles. The number of imidazole rings is 5. The summed E-state index contributed by atoms with van der Waals surface area (Å²) in [6, 6.07) is 15.0. The summed E-state index contributed by atoms with van der Waals surface area (Å²) in [5, 5.41) is 23.4. The smallest absolute Gasteiger partial charge is 0.221 e. The molecule has 5 aliphatic carbocycles. The third-order valence-corrected chi connectivity index (χ3v) is 25.9. The minimum atomic E-state index is -0.343. The first-order chi connectivity index (χ1) is 63.3. The standard InChI is InChI=1S/2C20H22N6O.2C18H17FN6O.C18H18N6O/c2*1-10-6-16(27-5)20-22-17(13(4)25(20)9-10)14-7-15(14)18-23-19-12(3)21-8-11(2)26(19)24-18;2*1-9-8-20-10(2)17-22-16(23-25(9)17)12-7-11(12)14-15(19)24-6-4-5-13(26-3)18(24)21-14;1-10-8-19-11(2)17-21-16(22-24(10)17)13-7-12(13)14-9-23-6-4-5-15(25-3)18(23)20-14/h2*6,8-9,14-15H,7H2,1-5H3;2*4-6,8,11-12H,7H2,1-3H3;4-6,8-9,12-13H,7H2,1-3H3/t2*14-,15-;11-,12-;;/m111../s1. The molecule has 0 amide bonds. The fraction of sp³-hybridized carbons (Fsp3) is 0.362. The molecule has 666 valence electrons. The Morgan fingerprint density at radius 3 is 0.870 bits per heavy atom. The van der Waals surface area contributed by atoms with Crippen molar-refractivity contribution in [1.82, 2.24) is 145 Å². The molecule has 20 aromatic heterocycles. The number of ether oxygens (including phenoxy) is 5. The third kappa shape index (κ3) is 14.4. The second-order valence-corrected chi connectivity index (χ2v) is 35.0. The summed E-state index contributed by atoms with van der Waals surface area (Å²) in [5.74, 6) is 8.99. The second kappa shape index (κ2) is 31.8. The van der Waals surface area contributed by atoms with Gasteiger partial charge in [-0.1, -0.05) is 0 Å². The Hall–Kier alpha value is -14.9. The SMILES string of the molecule is COc1cc(C)cn2c(C)c([C@@H]3C[C@H]3c3nc4c(C)ncc(C)n4n3)nc12.COc1cc(C)cn2c(C)c([C@@H]3C[C@H]3c3nc4c(C)ncc(C)n4n3)nc12.COc1cccn2c(F)c(C3CC3c3nc4c(C)ncc(C)n4n3)nc12.COc1cccn2c(F)c([C@@H]3C[C@H]3c3nc4c(C)ncc(C)n4n3)nc12.COc1cccn2cc(C3CC3c3nc4c(C)ncc(C)n4n3)nc12. The molecule has 0 aromatic carbocycles. The number of hydrogen-bond acceptors (Lipinski definition) is 25. The van der Waals surface area contributed by atoms with Gasteiger partial charge in [-0.15, -0.1) is 0 Å². The fourth-order valence-electron chi connectivity index (χ4n) is 18.2. The van der Waals surface area contributed by atoms with Crippen LogP contribution in [0.1, 0.15) is 228 Å². The molecule has 0 saturated heterocycles. The van der Waals surface area contributed by atoms with Crippen molar-refractivity contribution in [3.8, 4) is 28.7 Å². The molecule has 4 unspecified atom stereocenters. The van der Waals surface area contributed by atoms with Crippen molar-refractivity contribution in [2.24, 2.45) is 0 Å². The van der Waals surface area contributed by atoms with Gasteiger partial charge in [-0.05, 0) is 189 Å². The first-order valence-corrected chi connectivity index (χ1v) is 43.7. The van der Waals surface area contributed by atoms with Gasteiger partial charge in [0.05, 0.1) is 110 Å². The Kier molecular flexibility index (Phi) is 20.1. The van der Waals surface area contributed by atoms with Crippen LogP contribution in [-0.4, -0.2) is 180 Å². The molecule has 25 rings (SSSR count). The highest BCUT2D eigenvalue weighted by Gasteiger charge is 2.50. The maximum Gasteiger partial charge on any atom is 0.221 e. The van der Waals surface area contributed by atoms with Gasteiger partial charge in [-0.2, -0.15) is 34.3 Å². The van der Waals surface area contributed by atoms with Crippen molar-refractivity contribution in [3.63, 3.8) is 0 Å². The number of pyridine rings is 5. The first kappa shape index (κ1) is 83.0. The second-order valence-electron chi connectivity index (χ2n) is 35.0. The average molecular weight is 1760 g/mol. The summed E-state index contributed by atoms with van der Waals surface area (Å²) in [6.45, 7) is 28.0. The van der Waals surface area contributed by atoms with Gasteiger partial charge in [0.2, 0.25) is 11.9 Å². The summed E-state index contributed by atoms with van der Waals surface area (Å²) in [5.41, 5.74) is 25.7. The van der Waals surface area contributed by atoms with E-state index in [-0.39, 0.29) is 35.6 Å². The van der Waals surface area contributed by atoms with E-state index in [1.165, 1.54) is 8.80 Å². The Morgan fingerprint density at radius 2 is 0.557 bits per heavy atom. The molecule has 0 radical (unpaired) electrons. The van der Waals surface area contributed by atoms with E-state index in [0.29, 0.717) is 69.7 Å². The Bertz CT molecular complexity index is 7430. The first-order valence-electron chi connectivity index (χ1n) is 43.7. The summed E-state index contributed by atoms with van der Waals surface area (Å²) < 4.78 is 75.2. The maximum atomic E-state index is 14.8. The number of nitrogens with zero attached hydrogens (tertiary/aromatic N) is 30. The summed E-state index contributed by atoms with van der Waals surface area (Å²) >= 11 is 0. The van der Waals surface area contributed by atoms with Crippen LogP contribution in [0.2, 0.25) is 0 Å². The number of hydrogen-bond donors (Lipinski definition) is 0. The molecule has 0 spiro atoms. The van der Waals surface area contributed by atoms with E-state index in [1.807, 2.05) is 136 Å². The van der Waals surface area contributed by atoms with Crippen molar-refractivity contribution in [3.05, 3.63) is 266 Å². The highest BCUT2D eigenvalue weighted by atomic mass is 19.1. The minimum absolute atomic E-state index is 0.0226. The van der Waals surface area contributed by atoms with E-state index in [1.54, 1.807) is 93.6 Å². The monoisotopic (exact) mass is 1760 g/mol. The quantitative estimate of drug-likeness (QED) is 0.0920. The van der Waals surface area contributed by atoms with Crippen LogP contribution in [0.3, 0.4) is 0 Å². The summed E-state index contributed by atoms with van der Waals surface area (Å²) in [7, 11) is 8.17. The number of rotatable bonds is 15. The maximum absolute atomic E-state index is 14.8. The van der Waals surface area contributed by atoms with Crippen LogP contribution in [0.25, 0.3) is 56.5 Å². The van der Waals surface area contributed by atoms with Crippen molar-refractivity contribution in [2.75, 3.05) is 35.5 Å². The van der Waals surface area contributed by atoms with Gasteiger partial charge in [-0.3, -0.25) is 33.7 Å². The molecule has 5 saturated carbocycles. The van der Waals surface area contributed by atoms with Crippen molar-refractivity contribution >= 4 is 56.5 Å². The molecule has 5 aliphatic rings. The van der Waals surface area contributed by atoms with Gasteiger partial charge in [0.1, 0.15) is 11.4 Å². The predicted octanol–water partition coefficient (Wildman–Crippen LogP) is 14.9. The van der Waals surface area contributed by atoms with Crippen LogP contribution >= 0.6 is 0 Å². The molecule has 0 N–H and O–H groups in total. The van der Waals surface area contributed by atoms with E-state index in [0.717, 1.165) is 220 Å². The van der Waals surface area contributed by atoms with Gasteiger partial charge >= 0.3 is 0 Å². The highest BCUT2D eigenvalue weighted by molar-refractivity contribution is 5.63. The zero-order chi connectivity index (χ0) is 90.9. The van der Waals surface area contributed by atoms with Gasteiger partial charge < -0.3 is 36.9 Å². The van der Waals surface area contributed by atoms with Crippen LogP contribution in [0.4, 0.5) is 8.78 Å². The Morgan fingerprint density at radius 1 is 0.282 bits per heavy atom. The minimum Gasteiger partial charge on any atom is -0.493 e. The van der Waals surface area contributed by atoms with Crippen LogP contribution in [0.15, 0.2) is 117 Å². The average Bonchev–Trinajstić information content (AvgIpc) is 1.60. The molecular formula is C94H96F2N30O5. The molecule has 20 aromatic rings. The number of halogens is 2. The number of aromatic nitrogens is 30. The van der Waals surface area contributed by atoms with E-state index in [4.69, 9.17) is 68.9 Å². The van der Waals surface area contributed by atoms with Crippen LogP contribution in [-0.2, 0) is 0 Å². The van der Waals surface area contributed by atoms with E-state index in [9.17, 15) is 8.78 Å². The zero-order valence-electron chi connectivity index (χ0n) is 76.0. The number of methoxy groups -OCH3 is 5.